The lowest BCUT2D eigenvalue weighted by atomic mass is 10.1. The number of sulfonamides is 1. The Kier molecular flexibility index (Phi) is 7.31. The number of nitrogens with zero attached hydrogens (tertiary/aromatic N) is 2. The maximum atomic E-state index is 13.5. The molecule has 5 nitrogen and oxygen atoms in total. The molecule has 1 aliphatic rings. The average molecular weight is 613 g/mol. The minimum absolute atomic E-state index is 0.0523. The second-order valence-corrected chi connectivity index (χ2v) is 12.1. The Hall–Kier alpha value is -1.71. The van der Waals surface area contributed by atoms with Gasteiger partial charge >= 0.3 is 0 Å². The highest BCUT2D eigenvalue weighted by Crippen LogP contribution is 2.34. The molecule has 3 aromatic carbocycles. The Morgan fingerprint density at radius 1 is 1.03 bits per heavy atom. The van der Waals surface area contributed by atoms with Crippen molar-refractivity contribution in [1.82, 2.24) is 4.31 Å². The van der Waals surface area contributed by atoms with Crippen LogP contribution in [0.15, 0.2) is 80.6 Å². The van der Waals surface area contributed by atoms with Gasteiger partial charge in [0.2, 0.25) is 15.9 Å². The molecule has 0 radical (unpaired) electrons. The highest BCUT2D eigenvalue weighted by atomic mass is 79.9. The summed E-state index contributed by atoms with van der Waals surface area (Å²) in [6, 6.07) is 19.1. The molecule has 172 valence electrons. The third kappa shape index (κ3) is 5.35. The molecule has 3 aromatic rings. The lowest BCUT2D eigenvalue weighted by Gasteiger charge is -2.27. The second-order valence-electron chi connectivity index (χ2n) is 7.94. The van der Waals surface area contributed by atoms with Crippen LogP contribution in [0.3, 0.4) is 0 Å². The zero-order valence-electron chi connectivity index (χ0n) is 17.7. The predicted molar refractivity (Wildman–Crippen MR) is 138 cm³/mol. The van der Waals surface area contributed by atoms with Gasteiger partial charge in [0.15, 0.2) is 0 Å². The summed E-state index contributed by atoms with van der Waals surface area (Å²) >= 11 is 12.8. The number of halogens is 3. The Morgan fingerprint density at radius 3 is 2.33 bits per heavy atom. The van der Waals surface area contributed by atoms with E-state index in [2.05, 4.69) is 31.9 Å². The SMILES string of the molecule is C[C@H]1Cc2cc(Br)ccc2N1C(=O)CN(Cc1ccc(Cl)cc1)S(=O)(=O)c1ccc(Br)cc1. The molecule has 9 heteroatoms. The number of hydrogen-bond donors (Lipinski definition) is 0. The Labute approximate surface area is 215 Å². The molecule has 0 spiro atoms. The topological polar surface area (TPSA) is 57.7 Å². The van der Waals surface area contributed by atoms with Crippen LogP contribution >= 0.6 is 43.5 Å². The smallest absolute Gasteiger partial charge is 0.243 e. The first-order valence-electron chi connectivity index (χ1n) is 10.3. The van der Waals surface area contributed by atoms with Crippen LogP contribution in [-0.2, 0) is 27.8 Å². The molecule has 0 aliphatic carbocycles. The molecule has 4 rings (SSSR count). The fourth-order valence-corrected chi connectivity index (χ4v) is 6.16. The molecule has 0 N–H and O–H groups in total. The second kappa shape index (κ2) is 9.88. The van der Waals surface area contributed by atoms with E-state index in [9.17, 15) is 13.2 Å². The normalized spacial score (nSPS) is 15.7. The Balaban J connectivity index is 1.67. The van der Waals surface area contributed by atoms with E-state index in [1.807, 2.05) is 25.1 Å². The van der Waals surface area contributed by atoms with Crippen LogP contribution in [0, 0.1) is 0 Å². The molecule has 0 unspecified atom stereocenters. The molecule has 0 aromatic heterocycles. The first-order valence-corrected chi connectivity index (χ1v) is 13.7. The van der Waals surface area contributed by atoms with Gasteiger partial charge in [-0.3, -0.25) is 4.79 Å². The van der Waals surface area contributed by atoms with Gasteiger partial charge in [-0.05, 0) is 79.1 Å². The zero-order valence-corrected chi connectivity index (χ0v) is 22.5. The van der Waals surface area contributed by atoms with Crippen molar-refractivity contribution in [2.45, 2.75) is 30.8 Å². The van der Waals surface area contributed by atoms with Gasteiger partial charge in [0, 0.05) is 32.2 Å². The molecule has 0 fully saturated rings. The number of carbonyl (C=O) groups excluding carboxylic acids is 1. The van der Waals surface area contributed by atoms with Gasteiger partial charge in [-0.2, -0.15) is 4.31 Å². The third-order valence-electron chi connectivity index (χ3n) is 5.56. The van der Waals surface area contributed by atoms with Crippen LogP contribution in [0.2, 0.25) is 5.02 Å². The summed E-state index contributed by atoms with van der Waals surface area (Å²) in [5.41, 5.74) is 2.63. The quantitative estimate of drug-likeness (QED) is 0.342. The zero-order chi connectivity index (χ0) is 23.8. The first-order chi connectivity index (χ1) is 15.6. The minimum atomic E-state index is -3.93. The molecule has 0 saturated heterocycles. The van der Waals surface area contributed by atoms with Gasteiger partial charge in [-0.1, -0.05) is 55.6 Å². The summed E-state index contributed by atoms with van der Waals surface area (Å²) in [7, 11) is -3.93. The number of anilines is 1. The van der Waals surface area contributed by atoms with E-state index in [1.54, 1.807) is 41.3 Å². The molecule has 1 heterocycles. The van der Waals surface area contributed by atoms with E-state index in [4.69, 9.17) is 11.6 Å². The van der Waals surface area contributed by atoms with Gasteiger partial charge < -0.3 is 4.90 Å². The van der Waals surface area contributed by atoms with Crippen LogP contribution in [0.1, 0.15) is 18.1 Å². The van der Waals surface area contributed by atoms with Crippen LogP contribution in [0.5, 0.6) is 0 Å². The molecule has 1 atom stereocenters. The van der Waals surface area contributed by atoms with Crippen LogP contribution in [0.4, 0.5) is 5.69 Å². The van der Waals surface area contributed by atoms with Crippen LogP contribution in [0.25, 0.3) is 0 Å². The Morgan fingerprint density at radius 2 is 1.67 bits per heavy atom. The van der Waals surface area contributed by atoms with Crippen molar-refractivity contribution in [1.29, 1.82) is 0 Å². The lowest BCUT2D eigenvalue weighted by Crippen LogP contribution is -2.44. The fourth-order valence-electron chi connectivity index (χ4n) is 3.98. The molecule has 33 heavy (non-hydrogen) atoms. The van der Waals surface area contributed by atoms with Crippen LogP contribution in [-0.4, -0.2) is 31.2 Å². The molecule has 0 saturated carbocycles. The van der Waals surface area contributed by atoms with E-state index >= 15 is 0 Å². The van der Waals surface area contributed by atoms with Crippen molar-refractivity contribution in [3.05, 3.63) is 91.8 Å². The predicted octanol–water partition coefficient (Wildman–Crippen LogP) is 6.03. The number of hydrogen-bond acceptors (Lipinski definition) is 3. The summed E-state index contributed by atoms with van der Waals surface area (Å²) in [6.45, 7) is 1.75. The van der Waals surface area contributed by atoms with E-state index in [1.165, 1.54) is 16.4 Å². The van der Waals surface area contributed by atoms with Gasteiger partial charge in [0.1, 0.15) is 0 Å². The highest BCUT2D eigenvalue weighted by Gasteiger charge is 2.34. The monoisotopic (exact) mass is 610 g/mol. The Bertz CT molecular complexity index is 1280. The number of carbonyl (C=O) groups is 1. The van der Waals surface area contributed by atoms with Crippen molar-refractivity contribution in [3.8, 4) is 0 Å². The summed E-state index contributed by atoms with van der Waals surface area (Å²) in [5, 5.41) is 0.561. The van der Waals surface area contributed by atoms with Gasteiger partial charge in [0.25, 0.3) is 0 Å². The van der Waals surface area contributed by atoms with E-state index in [0.29, 0.717) is 5.02 Å². The van der Waals surface area contributed by atoms with Gasteiger partial charge in [0.05, 0.1) is 11.4 Å². The summed E-state index contributed by atoms with van der Waals surface area (Å²) < 4.78 is 30.0. The standard InChI is InChI=1S/C24H21Br2ClN2O3S/c1-16-12-18-13-20(26)6-11-23(18)29(16)24(30)15-28(14-17-2-7-21(27)8-3-17)33(31,32)22-9-4-19(25)5-10-22/h2-11,13,16H,12,14-15H2,1H3/t16-/m0/s1. The van der Waals surface area contributed by atoms with Crippen LogP contribution < -0.4 is 4.90 Å². The van der Waals surface area contributed by atoms with E-state index in [0.717, 1.165) is 32.2 Å². The highest BCUT2D eigenvalue weighted by molar-refractivity contribution is 9.10. The number of rotatable bonds is 6. The maximum Gasteiger partial charge on any atom is 0.243 e. The van der Waals surface area contributed by atoms with Crippen molar-refractivity contribution in [3.63, 3.8) is 0 Å². The van der Waals surface area contributed by atoms with E-state index < -0.39 is 10.0 Å². The molecule has 1 amide bonds. The number of amides is 1. The van der Waals surface area contributed by atoms with Crippen molar-refractivity contribution in [2.24, 2.45) is 0 Å². The summed E-state index contributed by atoms with van der Waals surface area (Å²) in [4.78, 5) is 15.3. The number of benzene rings is 3. The average Bonchev–Trinajstić information content (AvgIpc) is 3.09. The van der Waals surface area contributed by atoms with Crippen molar-refractivity contribution < 1.29 is 13.2 Å². The molecular formula is C24H21Br2ClN2O3S. The van der Waals surface area contributed by atoms with Gasteiger partial charge in [-0.25, -0.2) is 8.42 Å². The summed E-state index contributed by atoms with van der Waals surface area (Å²) in [6.07, 6.45) is 0.719. The largest absolute Gasteiger partial charge is 0.308 e. The molecule has 0 bridgehead atoms. The maximum absolute atomic E-state index is 13.5. The third-order valence-corrected chi connectivity index (χ3v) is 8.64. The molecule has 1 aliphatic heterocycles. The van der Waals surface area contributed by atoms with E-state index in [-0.39, 0.29) is 29.9 Å². The summed E-state index contributed by atoms with van der Waals surface area (Å²) in [5.74, 6) is -0.266. The lowest BCUT2D eigenvalue weighted by molar-refractivity contribution is -0.119. The molecular weight excluding hydrogens is 592 g/mol. The number of fused-ring (bicyclic) bond motifs is 1. The first kappa shape index (κ1) is 24.4. The fraction of sp³-hybridized carbons (Fsp3) is 0.208. The minimum Gasteiger partial charge on any atom is -0.308 e. The van der Waals surface area contributed by atoms with Crippen molar-refractivity contribution in [2.75, 3.05) is 11.4 Å². The van der Waals surface area contributed by atoms with Crippen molar-refractivity contribution >= 4 is 65.1 Å². The van der Waals surface area contributed by atoms with Gasteiger partial charge in [-0.15, -0.1) is 0 Å².